The largest absolute Gasteiger partial charge is 0.267 e. The van der Waals surface area contributed by atoms with Gasteiger partial charge < -0.3 is 0 Å². The Hall–Kier alpha value is -1.31. The summed E-state index contributed by atoms with van der Waals surface area (Å²) in [7, 11) is 2.03. The summed E-state index contributed by atoms with van der Waals surface area (Å²) in [5, 5.41) is 5.78. The fraction of sp³-hybridized carbons (Fsp3) is 0.462. The van der Waals surface area contributed by atoms with Crippen LogP contribution in [0.5, 0.6) is 0 Å². The van der Waals surface area contributed by atoms with E-state index in [4.69, 9.17) is 0 Å². The number of hydrogen-bond acceptors (Lipinski definition) is 1. The Bertz CT molecular complexity index is 507. The van der Waals surface area contributed by atoms with Gasteiger partial charge in [-0.05, 0) is 30.9 Å². The number of nitrogens with zero attached hydrogens (tertiary/aromatic N) is 2. The van der Waals surface area contributed by atoms with Gasteiger partial charge in [0.25, 0.3) is 0 Å². The summed E-state index contributed by atoms with van der Waals surface area (Å²) in [6, 6.07) is 4.38. The molecule has 2 nitrogen and oxygen atoms in total. The zero-order chi connectivity index (χ0) is 11.2. The summed E-state index contributed by atoms with van der Waals surface area (Å²) in [5.74, 6) is 0.545. The van der Waals surface area contributed by atoms with E-state index in [1.165, 1.54) is 22.0 Å². The second-order valence-electron chi connectivity index (χ2n) is 4.56. The number of hydrogen-bond donors (Lipinski definition) is 0. The van der Waals surface area contributed by atoms with Gasteiger partial charge in [-0.25, -0.2) is 0 Å². The minimum atomic E-state index is 0.545. The zero-order valence-corrected chi connectivity index (χ0v) is 10.1. The van der Waals surface area contributed by atoms with Gasteiger partial charge in [-0.15, -0.1) is 0 Å². The van der Waals surface area contributed by atoms with Crippen LogP contribution < -0.4 is 0 Å². The van der Waals surface area contributed by atoms with Gasteiger partial charge in [0.05, 0.1) is 11.2 Å². The molecule has 0 aliphatic heterocycles. The van der Waals surface area contributed by atoms with Crippen molar-refractivity contribution in [2.24, 2.45) is 7.05 Å². The van der Waals surface area contributed by atoms with Crippen LogP contribution in [0.3, 0.4) is 0 Å². The molecule has 0 saturated heterocycles. The Balaban J connectivity index is 2.92. The van der Waals surface area contributed by atoms with Crippen LogP contribution in [0.2, 0.25) is 0 Å². The molecule has 0 bridgehead atoms. The van der Waals surface area contributed by atoms with Crippen LogP contribution in [0.25, 0.3) is 10.9 Å². The number of benzene rings is 1. The van der Waals surface area contributed by atoms with Crippen LogP contribution in [-0.2, 0) is 7.05 Å². The zero-order valence-electron chi connectivity index (χ0n) is 10.1. The van der Waals surface area contributed by atoms with Gasteiger partial charge in [0.2, 0.25) is 0 Å². The van der Waals surface area contributed by atoms with E-state index in [2.05, 4.69) is 44.9 Å². The van der Waals surface area contributed by atoms with E-state index >= 15 is 0 Å². The van der Waals surface area contributed by atoms with Crippen LogP contribution >= 0.6 is 0 Å². The first-order chi connectivity index (χ1) is 7.02. The van der Waals surface area contributed by atoms with Gasteiger partial charge in [0, 0.05) is 12.4 Å². The lowest BCUT2D eigenvalue weighted by Crippen LogP contribution is -1.98. The molecule has 0 spiro atoms. The summed E-state index contributed by atoms with van der Waals surface area (Å²) in [6.45, 7) is 8.73. The summed E-state index contributed by atoms with van der Waals surface area (Å²) >= 11 is 0. The minimum absolute atomic E-state index is 0.545. The van der Waals surface area contributed by atoms with Gasteiger partial charge >= 0.3 is 0 Å². The third-order valence-corrected chi connectivity index (χ3v) is 3.03. The summed E-state index contributed by atoms with van der Waals surface area (Å²) in [4.78, 5) is 0. The molecule has 15 heavy (non-hydrogen) atoms. The maximum atomic E-state index is 4.49. The molecule has 2 heteroatoms. The molecule has 0 aliphatic rings. The lowest BCUT2D eigenvalue weighted by molar-refractivity contribution is 0.767. The smallest absolute Gasteiger partial charge is 0.0719 e. The Morgan fingerprint density at radius 3 is 2.47 bits per heavy atom. The molecule has 80 valence electrons. The molecule has 1 aromatic carbocycles. The Morgan fingerprint density at radius 2 is 1.87 bits per heavy atom. The fourth-order valence-electron chi connectivity index (χ4n) is 2.41. The molecule has 0 fully saturated rings. The van der Waals surface area contributed by atoms with Crippen molar-refractivity contribution in [2.45, 2.75) is 33.6 Å². The Kier molecular flexibility index (Phi) is 2.29. The number of rotatable bonds is 1. The molecule has 1 heterocycles. The molecule has 2 rings (SSSR count). The highest BCUT2D eigenvalue weighted by Crippen LogP contribution is 2.29. The average Bonchev–Trinajstić information content (AvgIpc) is 2.41. The van der Waals surface area contributed by atoms with Crippen molar-refractivity contribution in [3.63, 3.8) is 0 Å². The van der Waals surface area contributed by atoms with Crippen LogP contribution in [0.1, 0.15) is 36.6 Å². The van der Waals surface area contributed by atoms with Crippen molar-refractivity contribution < 1.29 is 0 Å². The first kappa shape index (κ1) is 10.2. The van der Waals surface area contributed by atoms with E-state index in [-0.39, 0.29) is 0 Å². The number of aromatic nitrogens is 2. The van der Waals surface area contributed by atoms with E-state index in [1.807, 2.05) is 11.7 Å². The molecule has 0 saturated carbocycles. The van der Waals surface area contributed by atoms with E-state index in [9.17, 15) is 0 Å². The molecule has 0 atom stereocenters. The second-order valence-corrected chi connectivity index (χ2v) is 4.56. The van der Waals surface area contributed by atoms with Gasteiger partial charge in [0.1, 0.15) is 0 Å². The monoisotopic (exact) mass is 202 g/mol. The lowest BCUT2D eigenvalue weighted by Gasteiger charge is -2.12. The van der Waals surface area contributed by atoms with E-state index < -0.39 is 0 Å². The van der Waals surface area contributed by atoms with Crippen molar-refractivity contribution >= 4 is 10.9 Å². The van der Waals surface area contributed by atoms with E-state index in [1.54, 1.807) is 0 Å². The lowest BCUT2D eigenvalue weighted by atomic mass is 9.95. The van der Waals surface area contributed by atoms with Gasteiger partial charge in [0.15, 0.2) is 0 Å². The summed E-state index contributed by atoms with van der Waals surface area (Å²) in [5.41, 5.74) is 5.20. The fourth-order valence-corrected chi connectivity index (χ4v) is 2.41. The Labute approximate surface area is 90.9 Å². The SMILES string of the molecule is Cc1ccc2c(C)nn(C)c2c1C(C)C. The molecule has 0 unspecified atom stereocenters. The first-order valence-corrected chi connectivity index (χ1v) is 5.45. The predicted octanol–water partition coefficient (Wildman–Crippen LogP) is 3.31. The second kappa shape index (κ2) is 3.37. The highest BCUT2D eigenvalue weighted by atomic mass is 15.3. The Morgan fingerprint density at radius 1 is 1.20 bits per heavy atom. The molecule has 0 aliphatic carbocycles. The molecule has 0 amide bonds. The topological polar surface area (TPSA) is 17.8 Å². The maximum absolute atomic E-state index is 4.49. The van der Waals surface area contributed by atoms with Crippen molar-refractivity contribution in [3.05, 3.63) is 29.0 Å². The predicted molar refractivity (Wildman–Crippen MR) is 64.3 cm³/mol. The number of aryl methyl sites for hydroxylation is 3. The summed E-state index contributed by atoms with van der Waals surface area (Å²) < 4.78 is 2.01. The molecule has 0 N–H and O–H groups in total. The van der Waals surface area contributed by atoms with Crippen LogP contribution in [0.4, 0.5) is 0 Å². The van der Waals surface area contributed by atoms with Crippen LogP contribution in [0, 0.1) is 13.8 Å². The van der Waals surface area contributed by atoms with E-state index in [0.29, 0.717) is 5.92 Å². The standard InChI is InChI=1S/C13H18N2/c1-8(2)12-9(3)6-7-11-10(4)14-15(5)13(11)12/h6-8H,1-5H3. The van der Waals surface area contributed by atoms with Crippen molar-refractivity contribution in [3.8, 4) is 0 Å². The van der Waals surface area contributed by atoms with Gasteiger partial charge in [-0.2, -0.15) is 5.10 Å². The quantitative estimate of drug-likeness (QED) is 0.693. The van der Waals surface area contributed by atoms with Crippen molar-refractivity contribution in [1.82, 2.24) is 9.78 Å². The van der Waals surface area contributed by atoms with Crippen molar-refractivity contribution in [2.75, 3.05) is 0 Å². The summed E-state index contributed by atoms with van der Waals surface area (Å²) in [6.07, 6.45) is 0. The van der Waals surface area contributed by atoms with Crippen LogP contribution in [0.15, 0.2) is 12.1 Å². The third-order valence-electron chi connectivity index (χ3n) is 3.03. The van der Waals surface area contributed by atoms with Crippen molar-refractivity contribution in [1.29, 1.82) is 0 Å². The highest BCUT2D eigenvalue weighted by molar-refractivity contribution is 5.86. The maximum Gasteiger partial charge on any atom is 0.0719 e. The average molecular weight is 202 g/mol. The van der Waals surface area contributed by atoms with E-state index in [0.717, 1.165) is 5.69 Å². The highest BCUT2D eigenvalue weighted by Gasteiger charge is 2.13. The van der Waals surface area contributed by atoms with Gasteiger partial charge in [-0.3, -0.25) is 4.68 Å². The third kappa shape index (κ3) is 1.44. The van der Waals surface area contributed by atoms with Gasteiger partial charge in [-0.1, -0.05) is 26.0 Å². The molecule has 2 aromatic rings. The first-order valence-electron chi connectivity index (χ1n) is 5.45. The van der Waals surface area contributed by atoms with Crippen LogP contribution in [-0.4, -0.2) is 9.78 Å². The number of fused-ring (bicyclic) bond motifs is 1. The molecular weight excluding hydrogens is 184 g/mol. The normalized spacial score (nSPS) is 11.6. The molecular formula is C13H18N2. The molecule has 0 radical (unpaired) electrons. The molecule has 1 aromatic heterocycles. The minimum Gasteiger partial charge on any atom is -0.267 e.